The lowest BCUT2D eigenvalue weighted by Crippen LogP contribution is -2.16. The zero-order valence-electron chi connectivity index (χ0n) is 9.89. The van der Waals surface area contributed by atoms with Crippen LogP contribution in [-0.2, 0) is 6.61 Å². The topological polar surface area (TPSA) is 29.5 Å². The molecule has 1 N–H and O–H groups in total. The summed E-state index contributed by atoms with van der Waals surface area (Å²) >= 11 is 0. The Morgan fingerprint density at radius 1 is 1.12 bits per heavy atom. The Bertz CT molecular complexity index is 483. The number of ether oxygens (including phenoxy) is 1. The second-order valence-electron chi connectivity index (χ2n) is 4.02. The van der Waals surface area contributed by atoms with Crippen molar-refractivity contribution in [2.45, 2.75) is 13.5 Å². The van der Waals surface area contributed by atoms with E-state index in [0.29, 0.717) is 6.61 Å². The monoisotopic (exact) mass is 226 g/mol. The van der Waals surface area contributed by atoms with E-state index in [0.717, 1.165) is 22.3 Å². The Balaban J connectivity index is 2.02. The van der Waals surface area contributed by atoms with E-state index >= 15 is 0 Å². The fraction of sp³-hybridized carbons (Fsp3) is 0.143. The lowest BCUT2D eigenvalue weighted by Gasteiger charge is -2.08. The van der Waals surface area contributed by atoms with Crippen molar-refractivity contribution >= 4 is 12.9 Å². The molecule has 17 heavy (non-hydrogen) atoms. The van der Waals surface area contributed by atoms with Crippen molar-refractivity contribution in [3.8, 4) is 5.75 Å². The maximum Gasteiger partial charge on any atom is 0.305 e. The quantitative estimate of drug-likeness (QED) is 0.801. The van der Waals surface area contributed by atoms with Crippen LogP contribution in [0.5, 0.6) is 5.75 Å². The van der Waals surface area contributed by atoms with Crippen molar-refractivity contribution in [2.24, 2.45) is 0 Å². The van der Waals surface area contributed by atoms with E-state index in [2.05, 4.69) is 0 Å². The number of benzene rings is 2. The molecule has 0 atom stereocenters. The molecule has 86 valence electrons. The van der Waals surface area contributed by atoms with Crippen LogP contribution in [0.25, 0.3) is 0 Å². The molecule has 0 amide bonds. The molecule has 0 aliphatic heterocycles. The molecule has 2 aromatic rings. The van der Waals surface area contributed by atoms with E-state index in [9.17, 15) is 0 Å². The Labute approximate surface area is 102 Å². The fourth-order valence-corrected chi connectivity index (χ4v) is 1.68. The van der Waals surface area contributed by atoms with Gasteiger partial charge in [0.05, 0.1) is 0 Å². The maximum atomic E-state index is 9.08. The molecular formula is C14H15BO2. The predicted octanol–water partition coefficient (Wildman–Crippen LogP) is 1.54. The molecule has 0 aliphatic rings. The van der Waals surface area contributed by atoms with Crippen LogP contribution in [0.1, 0.15) is 11.1 Å². The average Bonchev–Trinajstić information content (AvgIpc) is 2.38. The summed E-state index contributed by atoms with van der Waals surface area (Å²) < 4.78 is 5.69. The lowest BCUT2D eigenvalue weighted by atomic mass is 9.85. The van der Waals surface area contributed by atoms with Gasteiger partial charge in [0.15, 0.2) is 0 Å². The van der Waals surface area contributed by atoms with Crippen molar-refractivity contribution in [3.63, 3.8) is 0 Å². The largest absolute Gasteiger partial charge is 0.489 e. The Morgan fingerprint density at radius 2 is 1.88 bits per heavy atom. The minimum atomic E-state index is 0.0742. The number of rotatable bonds is 4. The Kier molecular flexibility index (Phi) is 3.83. The molecule has 0 saturated heterocycles. The zero-order chi connectivity index (χ0) is 12.1. The summed E-state index contributed by atoms with van der Waals surface area (Å²) in [4.78, 5) is 0. The fourth-order valence-electron chi connectivity index (χ4n) is 1.68. The van der Waals surface area contributed by atoms with E-state index < -0.39 is 0 Å². The molecule has 2 nitrogen and oxygen atoms in total. The van der Waals surface area contributed by atoms with Crippen LogP contribution in [0, 0.1) is 6.92 Å². The van der Waals surface area contributed by atoms with Crippen molar-refractivity contribution in [2.75, 3.05) is 0 Å². The van der Waals surface area contributed by atoms with Gasteiger partial charge in [0.25, 0.3) is 0 Å². The number of hydrogen-bond donors (Lipinski definition) is 1. The molecule has 0 heterocycles. The molecule has 0 aliphatic carbocycles. The first-order valence-corrected chi connectivity index (χ1v) is 5.66. The van der Waals surface area contributed by atoms with E-state index in [1.54, 1.807) is 0 Å². The molecule has 2 rings (SSSR count). The summed E-state index contributed by atoms with van der Waals surface area (Å²) in [6, 6.07) is 15.8. The van der Waals surface area contributed by atoms with Crippen LogP contribution in [0.2, 0.25) is 0 Å². The average molecular weight is 226 g/mol. The van der Waals surface area contributed by atoms with E-state index in [1.165, 1.54) is 0 Å². The highest BCUT2D eigenvalue weighted by Gasteiger charge is 2.01. The first kappa shape index (κ1) is 11.7. The van der Waals surface area contributed by atoms with Crippen molar-refractivity contribution in [1.29, 1.82) is 0 Å². The van der Waals surface area contributed by atoms with Gasteiger partial charge in [-0.2, -0.15) is 0 Å². The predicted molar refractivity (Wildman–Crippen MR) is 71.0 cm³/mol. The normalized spacial score (nSPS) is 10.0. The number of hydrogen-bond acceptors (Lipinski definition) is 2. The standard InChI is InChI=1S/C14H15BO2/c1-11-9-13(7-8-14(11)15-16)17-10-12-5-3-2-4-6-12/h2-9,15-16H,10H2,1H3. The molecule has 2 aromatic carbocycles. The minimum Gasteiger partial charge on any atom is -0.489 e. The van der Waals surface area contributed by atoms with Gasteiger partial charge in [0.2, 0.25) is 0 Å². The molecule has 0 spiro atoms. The van der Waals surface area contributed by atoms with Gasteiger partial charge in [-0.15, -0.1) is 0 Å². The van der Waals surface area contributed by atoms with Crippen molar-refractivity contribution < 1.29 is 9.76 Å². The Morgan fingerprint density at radius 3 is 2.53 bits per heavy atom. The first-order valence-electron chi connectivity index (χ1n) is 5.66. The van der Waals surface area contributed by atoms with Crippen LogP contribution in [-0.4, -0.2) is 12.5 Å². The minimum absolute atomic E-state index is 0.0742. The van der Waals surface area contributed by atoms with Gasteiger partial charge >= 0.3 is 7.48 Å². The molecule has 0 bridgehead atoms. The molecule has 0 unspecified atom stereocenters. The third kappa shape index (κ3) is 3.11. The SMILES string of the molecule is Cc1cc(OCc2ccccc2)ccc1BO. The van der Waals surface area contributed by atoms with Gasteiger partial charge in [0, 0.05) is 0 Å². The highest BCUT2D eigenvalue weighted by atomic mass is 16.5. The van der Waals surface area contributed by atoms with Gasteiger partial charge in [-0.05, 0) is 30.1 Å². The van der Waals surface area contributed by atoms with Gasteiger partial charge in [-0.25, -0.2) is 0 Å². The van der Waals surface area contributed by atoms with Gasteiger partial charge in [-0.3, -0.25) is 0 Å². The summed E-state index contributed by atoms with van der Waals surface area (Å²) in [5, 5.41) is 9.08. The van der Waals surface area contributed by atoms with Gasteiger partial charge in [-0.1, -0.05) is 42.0 Å². The number of aryl methyl sites for hydroxylation is 1. The summed E-state index contributed by atoms with van der Waals surface area (Å²) in [5.74, 6) is 0.837. The van der Waals surface area contributed by atoms with Gasteiger partial charge < -0.3 is 9.76 Å². The summed E-state index contributed by atoms with van der Waals surface area (Å²) in [5.41, 5.74) is 3.14. The summed E-state index contributed by atoms with van der Waals surface area (Å²) in [6.45, 7) is 2.54. The van der Waals surface area contributed by atoms with Crippen LogP contribution in [0.15, 0.2) is 48.5 Å². The highest BCUT2D eigenvalue weighted by molar-refractivity contribution is 6.46. The van der Waals surface area contributed by atoms with Crippen LogP contribution >= 0.6 is 0 Å². The smallest absolute Gasteiger partial charge is 0.305 e. The van der Waals surface area contributed by atoms with Crippen LogP contribution in [0.4, 0.5) is 0 Å². The van der Waals surface area contributed by atoms with Crippen LogP contribution in [0.3, 0.4) is 0 Å². The van der Waals surface area contributed by atoms with Crippen LogP contribution < -0.4 is 10.2 Å². The third-order valence-corrected chi connectivity index (χ3v) is 2.73. The maximum absolute atomic E-state index is 9.08. The van der Waals surface area contributed by atoms with Gasteiger partial charge in [0.1, 0.15) is 12.4 Å². The van der Waals surface area contributed by atoms with Crippen molar-refractivity contribution in [3.05, 3.63) is 59.7 Å². The zero-order valence-corrected chi connectivity index (χ0v) is 9.89. The molecular weight excluding hydrogens is 211 g/mol. The molecule has 0 radical (unpaired) electrons. The molecule has 0 saturated carbocycles. The third-order valence-electron chi connectivity index (χ3n) is 2.73. The first-order chi connectivity index (χ1) is 8.29. The second-order valence-corrected chi connectivity index (χ2v) is 4.02. The van der Waals surface area contributed by atoms with E-state index in [4.69, 9.17) is 9.76 Å². The molecule has 0 fully saturated rings. The lowest BCUT2D eigenvalue weighted by molar-refractivity contribution is 0.306. The Hall–Kier alpha value is -1.74. The molecule has 3 heteroatoms. The van der Waals surface area contributed by atoms with E-state index in [-0.39, 0.29) is 7.48 Å². The van der Waals surface area contributed by atoms with E-state index in [1.807, 2.05) is 55.5 Å². The second kappa shape index (κ2) is 5.55. The summed E-state index contributed by atoms with van der Waals surface area (Å²) in [7, 11) is 0.0742. The molecule has 0 aromatic heterocycles. The highest BCUT2D eigenvalue weighted by Crippen LogP contribution is 2.13. The van der Waals surface area contributed by atoms with Crippen molar-refractivity contribution in [1.82, 2.24) is 0 Å². The summed E-state index contributed by atoms with van der Waals surface area (Å²) in [6.07, 6.45) is 0.